The molecule has 1 atom stereocenters. The summed E-state index contributed by atoms with van der Waals surface area (Å²) in [5.74, 6) is 0.799. The molecule has 1 aliphatic heterocycles. The van der Waals surface area contributed by atoms with Crippen molar-refractivity contribution in [1.82, 2.24) is 4.31 Å². The number of ketones is 1. The van der Waals surface area contributed by atoms with Crippen LogP contribution in [0.5, 0.6) is 0 Å². The number of carbonyl (C=O) groups is 1. The molecule has 0 aromatic rings. The summed E-state index contributed by atoms with van der Waals surface area (Å²) in [6, 6.07) is 0. The average Bonchev–Trinajstić information content (AvgIpc) is 2.37. The van der Waals surface area contributed by atoms with Crippen molar-refractivity contribution in [2.24, 2.45) is 17.3 Å². The van der Waals surface area contributed by atoms with Gasteiger partial charge in [0.2, 0.25) is 10.0 Å². The van der Waals surface area contributed by atoms with Gasteiger partial charge in [-0.2, -0.15) is 0 Å². The first kappa shape index (κ1) is 16.9. The van der Waals surface area contributed by atoms with Gasteiger partial charge in [0.25, 0.3) is 0 Å². The molecule has 21 heavy (non-hydrogen) atoms. The summed E-state index contributed by atoms with van der Waals surface area (Å²) in [4.78, 5) is 12.5. The van der Waals surface area contributed by atoms with E-state index in [1.165, 1.54) is 6.26 Å². The van der Waals surface area contributed by atoms with Crippen LogP contribution < -0.4 is 0 Å². The molecule has 1 unspecified atom stereocenters. The predicted octanol–water partition coefficient (Wildman–Crippen LogP) is 2.83. The van der Waals surface area contributed by atoms with E-state index in [2.05, 4.69) is 13.8 Å². The van der Waals surface area contributed by atoms with Crippen LogP contribution in [0.2, 0.25) is 0 Å². The monoisotopic (exact) mass is 315 g/mol. The normalized spacial score (nSPS) is 28.4. The Kier molecular flexibility index (Phi) is 5.14. The lowest BCUT2D eigenvalue weighted by Gasteiger charge is -2.35. The third-order valence-electron chi connectivity index (χ3n) is 5.24. The molecule has 1 aliphatic carbocycles. The predicted molar refractivity (Wildman–Crippen MR) is 84.5 cm³/mol. The minimum Gasteiger partial charge on any atom is -0.299 e. The molecule has 1 heterocycles. The second-order valence-electron chi connectivity index (χ2n) is 7.74. The zero-order chi connectivity index (χ0) is 15.7. The lowest BCUT2D eigenvalue weighted by atomic mass is 9.71. The molecule has 4 nitrogen and oxygen atoms in total. The van der Waals surface area contributed by atoms with Gasteiger partial charge in [0, 0.05) is 25.4 Å². The van der Waals surface area contributed by atoms with E-state index >= 15 is 0 Å². The van der Waals surface area contributed by atoms with E-state index in [1.807, 2.05) is 0 Å². The summed E-state index contributed by atoms with van der Waals surface area (Å²) in [5, 5.41) is 0. The van der Waals surface area contributed by atoms with Crippen molar-refractivity contribution in [1.29, 1.82) is 0 Å². The molecular formula is C16H29NO3S. The maximum Gasteiger partial charge on any atom is 0.211 e. The lowest BCUT2D eigenvalue weighted by Crippen LogP contribution is -2.40. The summed E-state index contributed by atoms with van der Waals surface area (Å²) < 4.78 is 24.8. The highest BCUT2D eigenvalue weighted by Gasteiger charge is 2.33. The van der Waals surface area contributed by atoms with Gasteiger partial charge < -0.3 is 0 Å². The van der Waals surface area contributed by atoms with Crippen molar-refractivity contribution in [2.45, 2.75) is 58.8 Å². The largest absolute Gasteiger partial charge is 0.299 e. The molecule has 0 aromatic carbocycles. The van der Waals surface area contributed by atoms with Crippen LogP contribution in [0.4, 0.5) is 0 Å². The maximum atomic E-state index is 12.5. The molecule has 2 fully saturated rings. The Hall–Kier alpha value is -0.420. The van der Waals surface area contributed by atoms with Gasteiger partial charge in [0.15, 0.2) is 0 Å². The highest BCUT2D eigenvalue weighted by molar-refractivity contribution is 7.88. The first-order valence-corrected chi connectivity index (χ1v) is 10.00. The van der Waals surface area contributed by atoms with Crippen LogP contribution >= 0.6 is 0 Å². The molecule has 2 rings (SSSR count). The van der Waals surface area contributed by atoms with Crippen LogP contribution in [0, 0.1) is 17.3 Å². The molecule has 5 heteroatoms. The Morgan fingerprint density at radius 3 is 2.38 bits per heavy atom. The second kappa shape index (κ2) is 6.37. The van der Waals surface area contributed by atoms with Crippen LogP contribution in [0.1, 0.15) is 58.8 Å². The minimum atomic E-state index is -3.11. The van der Waals surface area contributed by atoms with Gasteiger partial charge in [-0.3, -0.25) is 4.79 Å². The maximum absolute atomic E-state index is 12.5. The molecule has 0 spiro atoms. The third-order valence-corrected chi connectivity index (χ3v) is 6.50. The molecule has 0 bridgehead atoms. The van der Waals surface area contributed by atoms with Gasteiger partial charge >= 0.3 is 0 Å². The summed E-state index contributed by atoms with van der Waals surface area (Å²) in [5.41, 5.74) is 0.384. The van der Waals surface area contributed by atoms with Gasteiger partial charge in [0.05, 0.1) is 6.26 Å². The van der Waals surface area contributed by atoms with Gasteiger partial charge in [-0.05, 0) is 49.9 Å². The SMILES string of the molecule is CC1(C)CCC(C(=O)CC2CCCN(S(C)(=O)=O)C2)CC1. The zero-order valence-corrected chi connectivity index (χ0v) is 14.4. The van der Waals surface area contributed by atoms with Crippen molar-refractivity contribution in [3.63, 3.8) is 0 Å². The van der Waals surface area contributed by atoms with Crippen LogP contribution in [-0.4, -0.2) is 37.9 Å². The fourth-order valence-corrected chi connectivity index (χ4v) is 4.61. The standard InChI is InChI=1S/C16H29NO3S/c1-16(2)8-6-14(7-9-16)15(18)11-13-5-4-10-17(12-13)21(3,19)20/h13-14H,4-12H2,1-3H3. The van der Waals surface area contributed by atoms with Crippen LogP contribution in [-0.2, 0) is 14.8 Å². The minimum absolute atomic E-state index is 0.214. The molecule has 122 valence electrons. The van der Waals surface area contributed by atoms with E-state index in [9.17, 15) is 13.2 Å². The molecule has 2 aliphatic rings. The molecule has 0 radical (unpaired) electrons. The number of nitrogens with zero attached hydrogens (tertiary/aromatic N) is 1. The van der Waals surface area contributed by atoms with Crippen LogP contribution in [0.15, 0.2) is 0 Å². The lowest BCUT2D eigenvalue weighted by molar-refractivity contribution is -0.125. The first-order valence-electron chi connectivity index (χ1n) is 8.15. The average molecular weight is 315 g/mol. The summed E-state index contributed by atoms with van der Waals surface area (Å²) in [6.45, 7) is 5.70. The summed E-state index contributed by atoms with van der Waals surface area (Å²) in [6.07, 6.45) is 7.96. The number of Topliss-reactive ketones (excluding diaryl/α,β-unsaturated/α-hetero) is 1. The van der Waals surface area contributed by atoms with Crippen LogP contribution in [0.3, 0.4) is 0 Å². The Labute approximate surface area is 129 Å². The van der Waals surface area contributed by atoms with E-state index in [4.69, 9.17) is 0 Å². The Morgan fingerprint density at radius 1 is 1.19 bits per heavy atom. The number of rotatable bonds is 4. The molecule has 0 N–H and O–H groups in total. The number of sulfonamides is 1. The highest BCUT2D eigenvalue weighted by atomic mass is 32.2. The van der Waals surface area contributed by atoms with E-state index in [1.54, 1.807) is 4.31 Å². The number of hydrogen-bond acceptors (Lipinski definition) is 3. The third kappa shape index (κ3) is 4.78. The topological polar surface area (TPSA) is 54.5 Å². The molecule has 1 saturated heterocycles. The van der Waals surface area contributed by atoms with Crippen molar-refractivity contribution in [2.75, 3.05) is 19.3 Å². The smallest absolute Gasteiger partial charge is 0.211 e. The Bertz CT molecular complexity index is 474. The van der Waals surface area contributed by atoms with Gasteiger partial charge in [-0.15, -0.1) is 0 Å². The van der Waals surface area contributed by atoms with Crippen molar-refractivity contribution < 1.29 is 13.2 Å². The van der Waals surface area contributed by atoms with E-state index in [0.717, 1.165) is 38.5 Å². The fraction of sp³-hybridized carbons (Fsp3) is 0.938. The molecule has 0 aromatic heterocycles. The Morgan fingerprint density at radius 2 is 1.81 bits per heavy atom. The van der Waals surface area contributed by atoms with Crippen molar-refractivity contribution in [3.8, 4) is 0 Å². The molecule has 0 amide bonds. The Balaban J connectivity index is 1.85. The van der Waals surface area contributed by atoms with Gasteiger partial charge in [0.1, 0.15) is 5.78 Å². The zero-order valence-electron chi connectivity index (χ0n) is 13.6. The van der Waals surface area contributed by atoms with E-state index < -0.39 is 10.0 Å². The van der Waals surface area contributed by atoms with Crippen molar-refractivity contribution in [3.05, 3.63) is 0 Å². The van der Waals surface area contributed by atoms with Crippen molar-refractivity contribution >= 4 is 15.8 Å². The summed E-state index contributed by atoms with van der Waals surface area (Å²) in [7, 11) is -3.11. The number of piperidine rings is 1. The number of carbonyl (C=O) groups excluding carboxylic acids is 1. The number of hydrogen-bond donors (Lipinski definition) is 0. The van der Waals surface area contributed by atoms with Gasteiger partial charge in [-0.25, -0.2) is 12.7 Å². The highest BCUT2D eigenvalue weighted by Crippen LogP contribution is 2.39. The van der Waals surface area contributed by atoms with Gasteiger partial charge in [-0.1, -0.05) is 13.8 Å². The second-order valence-corrected chi connectivity index (χ2v) is 9.72. The summed E-state index contributed by atoms with van der Waals surface area (Å²) >= 11 is 0. The van der Waals surface area contributed by atoms with Crippen LogP contribution in [0.25, 0.3) is 0 Å². The molecule has 1 saturated carbocycles. The van der Waals surface area contributed by atoms with E-state index in [-0.39, 0.29) is 11.8 Å². The quantitative estimate of drug-likeness (QED) is 0.801. The fourth-order valence-electron chi connectivity index (χ4n) is 3.67. The molecular weight excluding hydrogens is 286 g/mol. The van der Waals surface area contributed by atoms with E-state index in [0.29, 0.717) is 30.7 Å². The first-order chi connectivity index (χ1) is 9.67.